The second kappa shape index (κ2) is 9.49. The van der Waals surface area contributed by atoms with Gasteiger partial charge in [0.15, 0.2) is 0 Å². The first-order valence-electron chi connectivity index (χ1n) is 10.0. The number of anilines is 2. The maximum Gasteiger partial charge on any atom is 0.338 e. The van der Waals surface area contributed by atoms with Crippen LogP contribution in [0.2, 0.25) is 0 Å². The van der Waals surface area contributed by atoms with Crippen molar-refractivity contribution >= 4 is 23.4 Å². The van der Waals surface area contributed by atoms with Crippen LogP contribution in [0.3, 0.4) is 0 Å². The van der Waals surface area contributed by atoms with Gasteiger partial charge in [-0.3, -0.25) is 4.79 Å². The summed E-state index contributed by atoms with van der Waals surface area (Å²) < 4.78 is 6.76. The molecule has 4 rings (SSSR count). The summed E-state index contributed by atoms with van der Waals surface area (Å²) in [7, 11) is 0. The van der Waals surface area contributed by atoms with E-state index in [1.807, 2.05) is 36.4 Å². The highest BCUT2D eigenvalue weighted by Gasteiger charge is 2.12. The molecule has 0 aliphatic rings. The minimum atomic E-state index is -0.479. The number of nitriles is 1. The molecule has 3 N–H and O–H groups in total. The van der Waals surface area contributed by atoms with E-state index in [1.165, 1.54) is 10.9 Å². The molecule has 0 saturated heterocycles. The van der Waals surface area contributed by atoms with Crippen LogP contribution in [0.5, 0.6) is 0 Å². The van der Waals surface area contributed by atoms with E-state index in [0.717, 1.165) is 5.56 Å². The van der Waals surface area contributed by atoms with Gasteiger partial charge < -0.3 is 15.8 Å². The van der Waals surface area contributed by atoms with E-state index < -0.39 is 5.97 Å². The molecule has 0 bridgehead atoms. The summed E-state index contributed by atoms with van der Waals surface area (Å²) in [5.41, 5.74) is 8.89. The van der Waals surface area contributed by atoms with Crippen LogP contribution >= 0.6 is 0 Å². The first-order valence-corrected chi connectivity index (χ1v) is 10.0. The Morgan fingerprint density at radius 1 is 1.00 bits per heavy atom. The van der Waals surface area contributed by atoms with Crippen molar-refractivity contribution in [1.82, 2.24) is 9.78 Å². The van der Waals surface area contributed by atoms with Crippen molar-refractivity contribution in [3.63, 3.8) is 0 Å². The van der Waals surface area contributed by atoms with Gasteiger partial charge in [-0.1, -0.05) is 36.4 Å². The highest BCUT2D eigenvalue weighted by atomic mass is 16.5. The number of aromatic nitrogens is 2. The lowest BCUT2D eigenvalue weighted by Gasteiger charge is -2.09. The Hall–Kier alpha value is -4.90. The van der Waals surface area contributed by atoms with Crippen LogP contribution in [0.25, 0.3) is 5.69 Å². The van der Waals surface area contributed by atoms with Crippen molar-refractivity contribution < 1.29 is 14.3 Å². The third kappa shape index (κ3) is 4.89. The van der Waals surface area contributed by atoms with E-state index in [9.17, 15) is 9.59 Å². The Morgan fingerprint density at radius 3 is 2.45 bits per heavy atom. The lowest BCUT2D eigenvalue weighted by atomic mass is 10.1. The largest absolute Gasteiger partial charge is 0.457 e. The molecule has 0 saturated carbocycles. The van der Waals surface area contributed by atoms with Crippen LogP contribution in [0.4, 0.5) is 11.5 Å². The molecule has 0 radical (unpaired) electrons. The average Bonchev–Trinajstić information content (AvgIpc) is 3.23. The minimum absolute atomic E-state index is 0.166. The number of rotatable bonds is 6. The van der Waals surface area contributed by atoms with Crippen molar-refractivity contribution in [3.8, 4) is 11.8 Å². The van der Waals surface area contributed by atoms with Crippen LogP contribution < -0.4 is 11.1 Å². The molecule has 0 unspecified atom stereocenters. The molecule has 1 amide bonds. The number of hydrogen-bond donors (Lipinski definition) is 2. The van der Waals surface area contributed by atoms with Gasteiger partial charge in [0.1, 0.15) is 24.1 Å². The highest BCUT2D eigenvalue weighted by Crippen LogP contribution is 2.18. The van der Waals surface area contributed by atoms with Crippen molar-refractivity contribution in [3.05, 3.63) is 107 Å². The predicted octanol–water partition coefficient (Wildman–Crippen LogP) is 3.94. The van der Waals surface area contributed by atoms with E-state index in [1.54, 1.807) is 48.5 Å². The molecular weight excluding hydrogens is 418 g/mol. The van der Waals surface area contributed by atoms with E-state index in [2.05, 4.69) is 10.4 Å². The fourth-order valence-corrected chi connectivity index (χ4v) is 3.14. The summed E-state index contributed by atoms with van der Waals surface area (Å²) in [5.74, 6) is -0.596. The topological polar surface area (TPSA) is 123 Å². The van der Waals surface area contributed by atoms with E-state index in [-0.39, 0.29) is 23.9 Å². The van der Waals surface area contributed by atoms with Crippen LogP contribution in [0.1, 0.15) is 31.8 Å². The fraction of sp³-hybridized carbons (Fsp3) is 0.0400. The zero-order chi connectivity index (χ0) is 23.2. The number of hydrogen-bond acceptors (Lipinski definition) is 6. The number of carbonyl (C=O) groups excluding carboxylic acids is 2. The van der Waals surface area contributed by atoms with Crippen LogP contribution in [-0.2, 0) is 11.3 Å². The fourth-order valence-electron chi connectivity index (χ4n) is 3.14. The van der Waals surface area contributed by atoms with Crippen molar-refractivity contribution in [2.45, 2.75) is 6.61 Å². The first-order chi connectivity index (χ1) is 16.0. The molecule has 162 valence electrons. The van der Waals surface area contributed by atoms with E-state index >= 15 is 0 Å². The van der Waals surface area contributed by atoms with Gasteiger partial charge in [-0.2, -0.15) is 10.4 Å². The SMILES string of the molecule is N#Cc1cnn(-c2ccc(C(=O)Nc3cccc(C(=O)OCc4ccccc4)c3)cc2)c1N. The van der Waals surface area contributed by atoms with Crippen molar-refractivity contribution in [2.75, 3.05) is 11.1 Å². The number of amides is 1. The van der Waals surface area contributed by atoms with E-state index in [0.29, 0.717) is 22.5 Å². The Balaban J connectivity index is 1.41. The summed E-state index contributed by atoms with van der Waals surface area (Å²) in [4.78, 5) is 25.0. The number of benzene rings is 3. The quantitative estimate of drug-likeness (QED) is 0.441. The molecule has 0 atom stereocenters. The maximum atomic E-state index is 12.7. The molecule has 33 heavy (non-hydrogen) atoms. The number of nitrogen functional groups attached to an aromatic ring is 1. The highest BCUT2D eigenvalue weighted by molar-refractivity contribution is 6.05. The summed E-state index contributed by atoms with van der Waals surface area (Å²) in [6.07, 6.45) is 1.38. The zero-order valence-corrected chi connectivity index (χ0v) is 17.4. The second-order valence-electron chi connectivity index (χ2n) is 7.11. The zero-order valence-electron chi connectivity index (χ0n) is 17.4. The van der Waals surface area contributed by atoms with Gasteiger partial charge in [-0.15, -0.1) is 0 Å². The molecule has 8 heteroatoms. The molecule has 0 aliphatic carbocycles. The summed E-state index contributed by atoms with van der Waals surface area (Å²) in [6, 6.07) is 24.5. The number of nitrogens with zero attached hydrogens (tertiary/aromatic N) is 3. The summed E-state index contributed by atoms with van der Waals surface area (Å²) in [6.45, 7) is 0.166. The molecule has 8 nitrogen and oxygen atoms in total. The van der Waals surface area contributed by atoms with Gasteiger partial charge in [-0.25, -0.2) is 9.48 Å². The monoisotopic (exact) mass is 437 g/mol. The minimum Gasteiger partial charge on any atom is -0.457 e. The lowest BCUT2D eigenvalue weighted by molar-refractivity contribution is 0.0472. The number of carbonyl (C=O) groups is 2. The Labute approximate surface area is 189 Å². The van der Waals surface area contributed by atoms with Crippen LogP contribution in [-0.4, -0.2) is 21.7 Å². The number of esters is 1. The first kappa shape index (κ1) is 21.3. The Bertz CT molecular complexity index is 1340. The van der Waals surface area contributed by atoms with Crippen molar-refractivity contribution in [1.29, 1.82) is 5.26 Å². The van der Waals surface area contributed by atoms with Gasteiger partial charge in [0.05, 0.1) is 17.4 Å². The molecule has 1 aromatic heterocycles. The van der Waals surface area contributed by atoms with Gasteiger partial charge in [-0.05, 0) is 48.0 Å². The molecule has 0 aliphatic heterocycles. The standard InChI is InChI=1S/C25H19N5O3/c26-14-20-15-28-30(23(20)27)22-11-9-18(10-12-22)24(31)29-21-8-4-7-19(13-21)25(32)33-16-17-5-2-1-3-6-17/h1-13,15H,16,27H2,(H,29,31). The third-order valence-electron chi connectivity index (χ3n) is 4.87. The molecule has 0 spiro atoms. The Morgan fingerprint density at radius 2 is 1.76 bits per heavy atom. The average molecular weight is 437 g/mol. The van der Waals surface area contributed by atoms with Crippen LogP contribution in [0.15, 0.2) is 85.1 Å². The molecule has 1 heterocycles. The second-order valence-corrected chi connectivity index (χ2v) is 7.11. The Kier molecular flexibility index (Phi) is 6.14. The van der Waals surface area contributed by atoms with Crippen molar-refractivity contribution in [2.24, 2.45) is 0 Å². The smallest absolute Gasteiger partial charge is 0.338 e. The van der Waals surface area contributed by atoms with Gasteiger partial charge in [0.25, 0.3) is 5.91 Å². The maximum absolute atomic E-state index is 12.7. The molecule has 4 aromatic rings. The summed E-state index contributed by atoms with van der Waals surface area (Å²) in [5, 5.41) is 15.9. The summed E-state index contributed by atoms with van der Waals surface area (Å²) >= 11 is 0. The number of nitrogens with two attached hydrogens (primary N) is 1. The number of nitrogens with one attached hydrogen (secondary N) is 1. The molecule has 3 aromatic carbocycles. The van der Waals surface area contributed by atoms with E-state index in [4.69, 9.17) is 15.7 Å². The molecule has 0 fully saturated rings. The third-order valence-corrected chi connectivity index (χ3v) is 4.87. The number of ether oxygens (including phenoxy) is 1. The van der Waals surface area contributed by atoms with Gasteiger partial charge in [0, 0.05) is 11.3 Å². The molecular formula is C25H19N5O3. The lowest BCUT2D eigenvalue weighted by Crippen LogP contribution is -2.13. The predicted molar refractivity (Wildman–Crippen MR) is 123 cm³/mol. The van der Waals surface area contributed by atoms with Gasteiger partial charge in [0.2, 0.25) is 0 Å². The normalized spacial score (nSPS) is 10.3. The van der Waals surface area contributed by atoms with Gasteiger partial charge >= 0.3 is 5.97 Å². The van der Waals surface area contributed by atoms with Crippen LogP contribution in [0, 0.1) is 11.3 Å².